The minimum atomic E-state index is -1.73. The molecule has 0 saturated carbocycles. The number of ether oxygens (including phenoxy) is 18. The van der Waals surface area contributed by atoms with Gasteiger partial charge in [-0.3, -0.25) is 57.5 Å². The summed E-state index contributed by atoms with van der Waals surface area (Å²) in [7, 11) is 0. The molecule has 450 valence electrons. The Hall–Kier alpha value is -7.38. The fourth-order valence-corrected chi connectivity index (χ4v) is 8.54. The fourth-order valence-electron chi connectivity index (χ4n) is 8.54. The van der Waals surface area contributed by atoms with E-state index in [1.807, 2.05) is 0 Å². The monoisotopic (exact) mass is 1160 g/mol. The Labute approximate surface area is 463 Å². The van der Waals surface area contributed by atoms with Gasteiger partial charge in [0.1, 0.15) is 38.1 Å². The van der Waals surface area contributed by atoms with Crippen molar-refractivity contribution in [3.63, 3.8) is 0 Å². The van der Waals surface area contributed by atoms with Gasteiger partial charge in [0.2, 0.25) is 0 Å². The second-order valence-electron chi connectivity index (χ2n) is 18.2. The van der Waals surface area contributed by atoms with Crippen LogP contribution in [-0.4, -0.2) is 184 Å². The molecular weight excluding hydrogens is 1090 g/mol. The molecule has 4 rings (SSSR count). The second kappa shape index (κ2) is 31.0. The Bertz CT molecular complexity index is 2460. The van der Waals surface area contributed by atoms with Gasteiger partial charge in [0.15, 0.2) is 73.8 Å². The molecule has 0 bridgehead atoms. The predicted octanol–water partition coefficient (Wildman–Crippen LogP) is 0.486. The number of carbonyl (C=O) groups is 12. The van der Waals surface area contributed by atoms with Crippen LogP contribution >= 0.6 is 0 Å². The van der Waals surface area contributed by atoms with Crippen LogP contribution in [-0.2, 0) is 163 Å². The lowest BCUT2D eigenvalue weighted by Crippen LogP contribution is -2.63. The van der Waals surface area contributed by atoms with Crippen LogP contribution in [0.25, 0.3) is 0 Å². The van der Waals surface area contributed by atoms with Gasteiger partial charge in [-0.15, -0.1) is 0 Å². The van der Waals surface area contributed by atoms with E-state index < -0.39 is 203 Å². The Morgan fingerprint density at radius 3 is 0.827 bits per heavy atom. The highest BCUT2D eigenvalue weighted by atomic mass is 16.8. The first-order chi connectivity index (χ1) is 38.0. The fraction of sp³-hybridized carbons (Fsp3) is 0.647. The van der Waals surface area contributed by atoms with E-state index in [0.717, 1.165) is 83.1 Å². The summed E-state index contributed by atoms with van der Waals surface area (Å²) in [6, 6.07) is 4.44. The van der Waals surface area contributed by atoms with E-state index in [-0.39, 0.29) is 16.7 Å². The van der Waals surface area contributed by atoms with Crippen molar-refractivity contribution in [1.29, 1.82) is 0 Å². The number of hydrogen-bond acceptors (Lipinski definition) is 30. The van der Waals surface area contributed by atoms with Crippen molar-refractivity contribution < 1.29 is 143 Å². The highest BCUT2D eigenvalue weighted by Gasteiger charge is 2.56. The lowest BCUT2D eigenvalue weighted by Gasteiger charge is -2.44. The largest absolute Gasteiger partial charge is 0.463 e. The molecule has 15 atom stereocenters. The smallest absolute Gasteiger partial charge is 0.303 e. The van der Waals surface area contributed by atoms with Gasteiger partial charge in [-0.2, -0.15) is 0 Å². The van der Waals surface area contributed by atoms with Gasteiger partial charge in [-0.25, -0.2) is 0 Å². The van der Waals surface area contributed by atoms with Crippen molar-refractivity contribution in [3.05, 3.63) is 34.9 Å². The molecule has 0 N–H and O–H groups in total. The van der Waals surface area contributed by atoms with Crippen LogP contribution in [0.3, 0.4) is 0 Å². The van der Waals surface area contributed by atoms with Gasteiger partial charge >= 0.3 is 71.6 Å². The van der Waals surface area contributed by atoms with Gasteiger partial charge < -0.3 is 85.3 Å². The van der Waals surface area contributed by atoms with Crippen LogP contribution in [0.2, 0.25) is 0 Å². The molecule has 81 heavy (non-hydrogen) atoms. The van der Waals surface area contributed by atoms with Crippen LogP contribution in [0.1, 0.15) is 99.8 Å². The van der Waals surface area contributed by atoms with Crippen LogP contribution in [0.5, 0.6) is 0 Å². The van der Waals surface area contributed by atoms with Crippen molar-refractivity contribution in [2.24, 2.45) is 0 Å². The lowest BCUT2D eigenvalue weighted by atomic mass is 9.97. The van der Waals surface area contributed by atoms with E-state index in [1.54, 1.807) is 0 Å². The normalized spacial score (nSPS) is 27.8. The summed E-state index contributed by atoms with van der Waals surface area (Å²) in [6.45, 7) is 9.27. The van der Waals surface area contributed by atoms with Gasteiger partial charge in [0.05, 0.1) is 19.8 Å². The molecule has 1 aromatic carbocycles. The summed E-state index contributed by atoms with van der Waals surface area (Å²) in [5.41, 5.74) is 0.639. The molecule has 30 nitrogen and oxygen atoms in total. The molecule has 0 amide bonds. The highest BCUT2D eigenvalue weighted by Crippen LogP contribution is 2.35. The van der Waals surface area contributed by atoms with Gasteiger partial charge in [0, 0.05) is 83.1 Å². The summed E-state index contributed by atoms with van der Waals surface area (Å²) in [6.07, 6.45) is -23.6. The summed E-state index contributed by atoms with van der Waals surface area (Å²) in [4.78, 5) is 148. The third-order valence-corrected chi connectivity index (χ3v) is 11.3. The Kier molecular flexibility index (Phi) is 25.3. The first-order valence-electron chi connectivity index (χ1n) is 24.9. The summed E-state index contributed by atoms with van der Waals surface area (Å²) < 4.78 is 102. The maximum absolute atomic E-state index is 12.7. The molecule has 0 spiro atoms. The van der Waals surface area contributed by atoms with Crippen molar-refractivity contribution in [2.75, 3.05) is 19.8 Å². The van der Waals surface area contributed by atoms with Crippen LogP contribution in [0.15, 0.2) is 18.2 Å². The quantitative estimate of drug-likeness (QED) is 0.100. The molecule has 0 radical (unpaired) electrons. The summed E-state index contributed by atoms with van der Waals surface area (Å²) in [5, 5.41) is 0. The molecule has 30 heteroatoms. The van der Waals surface area contributed by atoms with E-state index in [4.69, 9.17) is 85.3 Å². The number of esters is 12. The van der Waals surface area contributed by atoms with E-state index in [0.29, 0.717) is 0 Å². The second-order valence-corrected chi connectivity index (χ2v) is 18.2. The molecular formula is C51H66O30. The lowest BCUT2D eigenvalue weighted by molar-refractivity contribution is -0.312. The highest BCUT2D eigenvalue weighted by molar-refractivity contribution is 5.71. The molecule has 0 aromatic heterocycles. The molecule has 3 heterocycles. The minimum absolute atomic E-state index is 0.163. The van der Waals surface area contributed by atoms with Crippen LogP contribution in [0.4, 0.5) is 0 Å². The molecule has 1 aromatic rings. The van der Waals surface area contributed by atoms with Gasteiger partial charge in [0.25, 0.3) is 0 Å². The first kappa shape index (κ1) is 66.1. The van der Waals surface area contributed by atoms with Crippen molar-refractivity contribution >= 4 is 71.6 Å². The van der Waals surface area contributed by atoms with E-state index in [2.05, 4.69) is 0 Å². The Morgan fingerprint density at radius 1 is 0.309 bits per heavy atom. The van der Waals surface area contributed by atoms with Crippen molar-refractivity contribution in [1.82, 2.24) is 0 Å². The third-order valence-electron chi connectivity index (χ3n) is 11.3. The summed E-state index contributed by atoms with van der Waals surface area (Å²) in [5.74, 6) is -10.5. The molecule has 0 unspecified atom stereocenters. The maximum atomic E-state index is 12.7. The van der Waals surface area contributed by atoms with Gasteiger partial charge in [-0.05, 0) is 16.7 Å². The molecule has 3 saturated heterocycles. The molecule has 0 aliphatic carbocycles. The molecule has 3 aliphatic rings. The number of rotatable bonds is 24. The standard InChI is InChI=1S/C51H66O30/c1-22(52)64-19-37-40(70-25(4)55)43(73-28(7)58)46(76-31(10)61)49(79-37)67-16-34-13-14-35(17-68-50-47(77-32(11)62)44(74-29(8)59)41(71-26(5)56)38(80-50)20-65-23(2)53)36(15-34)18-69-51-48(78-33(12)63)45(75-30(9)60)42(72-27(6)57)39(81-51)21-66-24(3)54/h13-15,37-51H,16-21H2,1-12H3/t37-,38-,39-,40+,41+,42+,43+,44+,45+,46-,47-,48-,49-,50-,51-/m1/s1. The number of hydrogen-bond donors (Lipinski definition) is 0. The minimum Gasteiger partial charge on any atom is -0.463 e. The molecule has 3 aliphatic heterocycles. The average molecular weight is 1160 g/mol. The molecule has 3 fully saturated rings. The van der Waals surface area contributed by atoms with Gasteiger partial charge in [-0.1, -0.05) is 18.2 Å². The van der Waals surface area contributed by atoms with E-state index in [9.17, 15) is 57.5 Å². The van der Waals surface area contributed by atoms with Crippen molar-refractivity contribution in [3.8, 4) is 0 Å². The predicted molar refractivity (Wildman–Crippen MR) is 257 cm³/mol. The third kappa shape index (κ3) is 20.9. The van der Waals surface area contributed by atoms with E-state index in [1.165, 1.54) is 18.2 Å². The summed E-state index contributed by atoms with van der Waals surface area (Å²) >= 11 is 0. The number of benzene rings is 1. The maximum Gasteiger partial charge on any atom is 0.303 e. The van der Waals surface area contributed by atoms with Crippen molar-refractivity contribution in [2.45, 2.75) is 195 Å². The zero-order chi connectivity index (χ0) is 60.4. The zero-order valence-electron chi connectivity index (χ0n) is 46.4. The Balaban J connectivity index is 1.86. The first-order valence-corrected chi connectivity index (χ1v) is 24.9. The van der Waals surface area contributed by atoms with Crippen LogP contribution in [0, 0.1) is 0 Å². The zero-order valence-corrected chi connectivity index (χ0v) is 46.4. The average Bonchev–Trinajstić information content (AvgIpc) is 3.37. The number of carbonyl (C=O) groups excluding carboxylic acids is 12. The Morgan fingerprint density at radius 2 is 0.556 bits per heavy atom. The SMILES string of the molecule is CC(=O)OC[C@H]1O[C@@H](OCc2ccc(CO[C@@H]3O[C@H](COC(C)=O)[C@H](OC(C)=O)[C@H](OC(C)=O)[C@H]3OC(C)=O)c(CO[C@@H]3O[C@H](COC(C)=O)[C@H](OC(C)=O)[C@H](OC(C)=O)[C@H]3OC(C)=O)c2)[C@H](OC(C)=O)[C@@H](OC(C)=O)[C@H]1OC(C)=O. The topological polar surface area (TPSA) is 371 Å². The van der Waals surface area contributed by atoms with E-state index >= 15 is 0 Å². The van der Waals surface area contributed by atoms with Crippen LogP contribution < -0.4 is 0 Å².